The van der Waals surface area contributed by atoms with E-state index in [9.17, 15) is 9.59 Å². The van der Waals surface area contributed by atoms with Crippen LogP contribution in [0.4, 0.5) is 5.69 Å². The highest BCUT2D eigenvalue weighted by atomic mass is 35.5. The summed E-state index contributed by atoms with van der Waals surface area (Å²) in [5.74, 6) is 0.592. The van der Waals surface area contributed by atoms with Gasteiger partial charge in [0.15, 0.2) is 0 Å². The number of aryl methyl sites for hydroxylation is 2. The molecule has 2 amide bonds. The van der Waals surface area contributed by atoms with E-state index in [1.165, 1.54) is 0 Å². The lowest BCUT2D eigenvalue weighted by molar-refractivity contribution is -0.134. The number of para-hydroxylation sites is 1. The zero-order valence-corrected chi connectivity index (χ0v) is 18.3. The molecule has 4 rings (SSSR count). The Morgan fingerprint density at radius 3 is 2.37 bits per heavy atom. The summed E-state index contributed by atoms with van der Waals surface area (Å²) in [6.07, 6.45) is 0.900. The third kappa shape index (κ3) is 4.68. The molecule has 0 aromatic heterocycles. The second-order valence-corrected chi connectivity index (χ2v) is 8.86. The molecule has 0 radical (unpaired) electrons. The Balaban J connectivity index is 1.25. The number of carbonyl (C=O) groups is 2. The Bertz CT molecular complexity index is 933. The van der Waals surface area contributed by atoms with Gasteiger partial charge in [0.25, 0.3) is 0 Å². The third-order valence-electron chi connectivity index (χ3n) is 6.18. The highest BCUT2D eigenvalue weighted by molar-refractivity contribution is 6.30. The van der Waals surface area contributed by atoms with Gasteiger partial charge in [0.05, 0.1) is 6.54 Å². The second kappa shape index (κ2) is 8.78. The molecular formula is C24H28ClN3O2. The van der Waals surface area contributed by atoms with E-state index >= 15 is 0 Å². The van der Waals surface area contributed by atoms with E-state index in [1.807, 2.05) is 55.1 Å². The first kappa shape index (κ1) is 20.9. The van der Waals surface area contributed by atoms with Crippen molar-refractivity contribution in [3.63, 3.8) is 0 Å². The fourth-order valence-corrected chi connectivity index (χ4v) is 4.53. The number of nitrogens with zero attached hydrogens (tertiary/aromatic N) is 2. The van der Waals surface area contributed by atoms with Gasteiger partial charge in [0, 0.05) is 42.8 Å². The maximum Gasteiger partial charge on any atom is 0.238 e. The van der Waals surface area contributed by atoms with Crippen molar-refractivity contribution in [3.8, 4) is 0 Å². The van der Waals surface area contributed by atoms with Crippen molar-refractivity contribution in [2.75, 3.05) is 38.0 Å². The minimum Gasteiger partial charge on any atom is -0.340 e. The highest BCUT2D eigenvalue weighted by Crippen LogP contribution is 2.48. The molecule has 1 heterocycles. The van der Waals surface area contributed by atoms with Crippen LogP contribution in [0.1, 0.15) is 29.0 Å². The lowest BCUT2D eigenvalue weighted by atomic mass is 10.1. The predicted octanol–water partition coefficient (Wildman–Crippen LogP) is 3.84. The topological polar surface area (TPSA) is 52.7 Å². The number of rotatable bonds is 5. The van der Waals surface area contributed by atoms with E-state index in [2.05, 4.69) is 16.3 Å². The number of halogens is 1. The molecule has 6 heteroatoms. The Hall–Kier alpha value is -2.37. The van der Waals surface area contributed by atoms with Crippen molar-refractivity contribution in [2.45, 2.75) is 26.2 Å². The zero-order valence-electron chi connectivity index (χ0n) is 17.5. The van der Waals surface area contributed by atoms with Crippen LogP contribution in [-0.4, -0.2) is 54.3 Å². The predicted molar refractivity (Wildman–Crippen MR) is 120 cm³/mol. The van der Waals surface area contributed by atoms with Crippen molar-refractivity contribution >= 4 is 29.1 Å². The molecule has 2 aliphatic rings. The normalized spacial score (nSPS) is 21.4. The van der Waals surface area contributed by atoms with Crippen molar-refractivity contribution < 1.29 is 9.59 Å². The van der Waals surface area contributed by atoms with Crippen LogP contribution in [0.25, 0.3) is 0 Å². The van der Waals surface area contributed by atoms with Crippen LogP contribution in [0.3, 0.4) is 0 Å². The van der Waals surface area contributed by atoms with Gasteiger partial charge < -0.3 is 10.2 Å². The number of benzene rings is 2. The van der Waals surface area contributed by atoms with Crippen LogP contribution in [-0.2, 0) is 9.59 Å². The fraction of sp³-hybridized carbons (Fsp3) is 0.417. The van der Waals surface area contributed by atoms with Gasteiger partial charge in [0.1, 0.15) is 0 Å². The van der Waals surface area contributed by atoms with Crippen molar-refractivity contribution in [3.05, 3.63) is 64.2 Å². The van der Waals surface area contributed by atoms with Gasteiger partial charge >= 0.3 is 0 Å². The van der Waals surface area contributed by atoms with Gasteiger partial charge in [-0.2, -0.15) is 0 Å². The smallest absolute Gasteiger partial charge is 0.238 e. The molecular weight excluding hydrogens is 398 g/mol. The van der Waals surface area contributed by atoms with Crippen molar-refractivity contribution in [1.82, 2.24) is 9.80 Å². The minimum atomic E-state index is -0.00427. The Morgan fingerprint density at radius 1 is 1.03 bits per heavy atom. The first-order valence-electron chi connectivity index (χ1n) is 10.5. The molecule has 0 bridgehead atoms. The lowest BCUT2D eigenvalue weighted by Crippen LogP contribution is -2.51. The van der Waals surface area contributed by atoms with Crippen LogP contribution >= 0.6 is 11.6 Å². The van der Waals surface area contributed by atoms with E-state index < -0.39 is 0 Å². The number of piperazine rings is 1. The first-order chi connectivity index (χ1) is 14.4. The molecule has 0 spiro atoms. The zero-order chi connectivity index (χ0) is 21.3. The monoisotopic (exact) mass is 425 g/mol. The Morgan fingerprint density at radius 2 is 1.70 bits per heavy atom. The largest absolute Gasteiger partial charge is 0.340 e. The highest BCUT2D eigenvalue weighted by Gasteiger charge is 2.46. The summed E-state index contributed by atoms with van der Waals surface area (Å²) in [4.78, 5) is 29.4. The number of hydrogen-bond acceptors (Lipinski definition) is 3. The van der Waals surface area contributed by atoms with E-state index in [1.54, 1.807) is 0 Å². The standard InChI is InChI=1S/C24H28ClN3O2/c1-16-5-3-6-17(2)23(16)26-22(29)15-27-9-11-28(12-10-27)24(30)21-14-20(21)18-7-4-8-19(25)13-18/h3-8,13,20-21H,9-12,14-15H2,1-2H3,(H,26,29). The van der Waals surface area contributed by atoms with Crippen molar-refractivity contribution in [2.24, 2.45) is 5.92 Å². The average molecular weight is 426 g/mol. The average Bonchev–Trinajstić information content (AvgIpc) is 3.52. The Kier molecular flexibility index (Phi) is 6.11. The third-order valence-corrected chi connectivity index (χ3v) is 6.42. The van der Waals surface area contributed by atoms with E-state index in [0.29, 0.717) is 19.6 Å². The molecule has 2 unspecified atom stereocenters. The number of hydrogen-bond donors (Lipinski definition) is 1. The number of amides is 2. The SMILES string of the molecule is Cc1cccc(C)c1NC(=O)CN1CCN(C(=O)C2CC2c2cccc(Cl)c2)CC1. The van der Waals surface area contributed by atoms with Gasteiger partial charge in [-0.1, -0.05) is 41.9 Å². The van der Waals surface area contributed by atoms with Gasteiger partial charge in [-0.25, -0.2) is 0 Å². The first-order valence-corrected chi connectivity index (χ1v) is 10.9. The van der Waals surface area contributed by atoms with E-state index in [4.69, 9.17) is 11.6 Å². The molecule has 1 saturated heterocycles. The summed E-state index contributed by atoms with van der Waals surface area (Å²) in [6.45, 7) is 7.15. The Labute approximate surface area is 183 Å². The molecule has 2 atom stereocenters. The van der Waals surface area contributed by atoms with Gasteiger partial charge in [-0.3, -0.25) is 14.5 Å². The van der Waals surface area contributed by atoms with Crippen LogP contribution in [0.5, 0.6) is 0 Å². The summed E-state index contributed by atoms with van der Waals surface area (Å²) in [5, 5.41) is 3.77. The van der Waals surface area contributed by atoms with Gasteiger partial charge in [-0.05, 0) is 55.0 Å². The quantitative estimate of drug-likeness (QED) is 0.791. The number of anilines is 1. The van der Waals surface area contributed by atoms with Crippen molar-refractivity contribution in [1.29, 1.82) is 0 Å². The summed E-state index contributed by atoms with van der Waals surface area (Å²) in [7, 11) is 0. The molecule has 2 aromatic rings. The molecule has 5 nitrogen and oxygen atoms in total. The number of nitrogens with one attached hydrogen (secondary N) is 1. The van der Waals surface area contributed by atoms with E-state index in [0.717, 1.165) is 46.9 Å². The maximum absolute atomic E-state index is 12.9. The molecule has 30 heavy (non-hydrogen) atoms. The molecule has 158 valence electrons. The maximum atomic E-state index is 12.9. The summed E-state index contributed by atoms with van der Waals surface area (Å²) < 4.78 is 0. The van der Waals surface area contributed by atoms with Crippen LogP contribution < -0.4 is 5.32 Å². The molecule has 1 aliphatic heterocycles. The molecule has 2 fully saturated rings. The lowest BCUT2D eigenvalue weighted by Gasteiger charge is -2.34. The fourth-order valence-electron chi connectivity index (χ4n) is 4.33. The summed E-state index contributed by atoms with van der Waals surface area (Å²) in [5.41, 5.74) is 4.19. The van der Waals surface area contributed by atoms with Gasteiger partial charge in [-0.15, -0.1) is 0 Å². The van der Waals surface area contributed by atoms with Crippen LogP contribution in [0.2, 0.25) is 5.02 Å². The van der Waals surface area contributed by atoms with Gasteiger partial charge in [0.2, 0.25) is 11.8 Å². The van der Waals surface area contributed by atoms with Crippen LogP contribution in [0, 0.1) is 19.8 Å². The summed E-state index contributed by atoms with van der Waals surface area (Å²) in [6, 6.07) is 13.8. The summed E-state index contributed by atoms with van der Waals surface area (Å²) >= 11 is 6.08. The van der Waals surface area contributed by atoms with Crippen LogP contribution in [0.15, 0.2) is 42.5 Å². The molecule has 1 saturated carbocycles. The molecule has 1 N–H and O–H groups in total. The minimum absolute atomic E-state index is 0.00427. The molecule has 2 aromatic carbocycles. The number of carbonyl (C=O) groups excluding carboxylic acids is 2. The van der Waals surface area contributed by atoms with E-state index in [-0.39, 0.29) is 23.7 Å². The second-order valence-electron chi connectivity index (χ2n) is 8.42. The molecule has 1 aliphatic carbocycles.